The molecular weight excluding hydrogens is 292 g/mol. The number of carbonyl (C=O) groups is 1. The predicted octanol–water partition coefficient (Wildman–Crippen LogP) is 1.03. The number of anilines is 1. The highest BCUT2D eigenvalue weighted by Crippen LogP contribution is 2.24. The number of rotatable bonds is 6. The Morgan fingerprint density at radius 2 is 2.24 bits per heavy atom. The number of carbonyl (C=O) groups excluding carboxylic acids is 1. The molecule has 0 bridgehead atoms. The minimum absolute atomic E-state index is 0.139. The lowest BCUT2D eigenvalue weighted by atomic mass is 9.99. The van der Waals surface area contributed by atoms with Gasteiger partial charge < -0.3 is 10.1 Å². The van der Waals surface area contributed by atoms with Gasteiger partial charge in [-0.3, -0.25) is 9.52 Å². The zero-order valence-electron chi connectivity index (χ0n) is 12.0. The maximum absolute atomic E-state index is 12.1. The van der Waals surface area contributed by atoms with E-state index in [1.54, 1.807) is 13.0 Å². The van der Waals surface area contributed by atoms with E-state index in [-0.39, 0.29) is 18.8 Å². The lowest BCUT2D eigenvalue weighted by Gasteiger charge is -2.20. The first kappa shape index (κ1) is 15.8. The van der Waals surface area contributed by atoms with Crippen molar-refractivity contribution in [3.8, 4) is 0 Å². The fourth-order valence-corrected chi connectivity index (χ4v) is 3.36. The number of fused-ring (bicyclic) bond motifs is 1. The van der Waals surface area contributed by atoms with Gasteiger partial charge in [-0.25, -0.2) is 8.42 Å². The Morgan fingerprint density at radius 3 is 3.00 bits per heavy atom. The second kappa shape index (κ2) is 6.91. The van der Waals surface area contributed by atoms with Gasteiger partial charge in [0.05, 0.1) is 24.5 Å². The standard InChI is InChI=1S/C14H20N2O4S/c1-2-20-14(17)7-9-21(18,19)16-13-5-3-4-11-10-15-8-6-12(11)13/h3-5,15-16H,2,6-10H2,1H3. The summed E-state index contributed by atoms with van der Waals surface area (Å²) in [5, 5.41) is 3.25. The van der Waals surface area contributed by atoms with Crippen LogP contribution in [0.5, 0.6) is 0 Å². The van der Waals surface area contributed by atoms with Crippen molar-refractivity contribution in [3.05, 3.63) is 29.3 Å². The molecule has 7 heteroatoms. The summed E-state index contributed by atoms with van der Waals surface area (Å²) in [6, 6.07) is 5.57. The predicted molar refractivity (Wildman–Crippen MR) is 80.5 cm³/mol. The molecule has 1 aliphatic heterocycles. The Labute approximate surface area is 124 Å². The van der Waals surface area contributed by atoms with E-state index < -0.39 is 16.0 Å². The summed E-state index contributed by atoms with van der Waals surface area (Å²) in [4.78, 5) is 11.3. The highest BCUT2D eigenvalue weighted by molar-refractivity contribution is 7.92. The van der Waals surface area contributed by atoms with E-state index in [0.717, 1.165) is 30.6 Å². The molecular formula is C14H20N2O4S. The molecule has 1 aromatic carbocycles. The molecule has 0 aliphatic carbocycles. The molecule has 0 amide bonds. The van der Waals surface area contributed by atoms with Crippen LogP contribution in [0.15, 0.2) is 18.2 Å². The molecule has 6 nitrogen and oxygen atoms in total. The molecule has 0 saturated heterocycles. The first-order valence-electron chi connectivity index (χ1n) is 6.99. The van der Waals surface area contributed by atoms with Gasteiger partial charge in [0.1, 0.15) is 0 Å². The zero-order chi connectivity index (χ0) is 15.3. The molecule has 0 saturated carbocycles. The number of hydrogen-bond acceptors (Lipinski definition) is 5. The van der Waals surface area contributed by atoms with Gasteiger partial charge in [-0.1, -0.05) is 12.1 Å². The molecule has 0 aromatic heterocycles. The lowest BCUT2D eigenvalue weighted by molar-refractivity contribution is -0.142. The average molecular weight is 312 g/mol. The van der Waals surface area contributed by atoms with Crippen LogP contribution in [0, 0.1) is 0 Å². The normalized spacial score (nSPS) is 14.3. The van der Waals surface area contributed by atoms with Crippen molar-refractivity contribution < 1.29 is 17.9 Å². The van der Waals surface area contributed by atoms with Gasteiger partial charge >= 0.3 is 5.97 Å². The second-order valence-corrected chi connectivity index (χ2v) is 6.69. The van der Waals surface area contributed by atoms with Gasteiger partial charge in [0.15, 0.2) is 0 Å². The Balaban J connectivity index is 2.05. The molecule has 0 fully saturated rings. The third-order valence-electron chi connectivity index (χ3n) is 3.29. The summed E-state index contributed by atoms with van der Waals surface area (Å²) in [5.74, 6) is -0.768. The summed E-state index contributed by atoms with van der Waals surface area (Å²) in [6.07, 6.45) is 0.644. The fraction of sp³-hybridized carbons (Fsp3) is 0.500. The number of esters is 1. The van der Waals surface area contributed by atoms with E-state index in [0.29, 0.717) is 5.69 Å². The fourth-order valence-electron chi connectivity index (χ4n) is 2.30. The van der Waals surface area contributed by atoms with Gasteiger partial charge in [-0.2, -0.15) is 0 Å². The molecule has 1 heterocycles. The van der Waals surface area contributed by atoms with E-state index in [1.807, 2.05) is 12.1 Å². The van der Waals surface area contributed by atoms with Gasteiger partial charge in [0, 0.05) is 6.54 Å². The van der Waals surface area contributed by atoms with E-state index >= 15 is 0 Å². The minimum Gasteiger partial charge on any atom is -0.466 e. The maximum Gasteiger partial charge on any atom is 0.306 e. The first-order chi connectivity index (χ1) is 10.0. The highest BCUT2D eigenvalue weighted by atomic mass is 32.2. The molecule has 21 heavy (non-hydrogen) atoms. The van der Waals surface area contributed by atoms with Crippen LogP contribution in [0.1, 0.15) is 24.5 Å². The third-order valence-corrected chi connectivity index (χ3v) is 4.56. The van der Waals surface area contributed by atoms with Crippen LogP contribution >= 0.6 is 0 Å². The van der Waals surface area contributed by atoms with Gasteiger partial charge in [0.25, 0.3) is 0 Å². The average Bonchev–Trinajstić information content (AvgIpc) is 2.46. The van der Waals surface area contributed by atoms with Crippen molar-refractivity contribution in [3.63, 3.8) is 0 Å². The van der Waals surface area contributed by atoms with E-state index in [1.165, 1.54) is 0 Å². The third kappa shape index (κ3) is 4.44. The largest absolute Gasteiger partial charge is 0.466 e. The molecule has 0 spiro atoms. The smallest absolute Gasteiger partial charge is 0.306 e. The van der Waals surface area contributed by atoms with Crippen LogP contribution in [0.2, 0.25) is 0 Å². The van der Waals surface area contributed by atoms with Crippen LogP contribution in [-0.2, 0) is 32.5 Å². The van der Waals surface area contributed by atoms with Crippen LogP contribution in [-0.4, -0.2) is 33.3 Å². The molecule has 2 N–H and O–H groups in total. The Bertz CT molecular complexity index is 613. The summed E-state index contributed by atoms with van der Waals surface area (Å²) >= 11 is 0. The molecule has 0 atom stereocenters. The van der Waals surface area contributed by atoms with Crippen LogP contribution in [0.3, 0.4) is 0 Å². The molecule has 0 radical (unpaired) electrons. The van der Waals surface area contributed by atoms with Crippen molar-refractivity contribution in [2.75, 3.05) is 23.6 Å². The number of nitrogens with one attached hydrogen (secondary N) is 2. The number of hydrogen-bond donors (Lipinski definition) is 2. The first-order valence-corrected chi connectivity index (χ1v) is 8.64. The Hall–Kier alpha value is -1.60. The monoisotopic (exact) mass is 312 g/mol. The molecule has 116 valence electrons. The van der Waals surface area contributed by atoms with Crippen molar-refractivity contribution in [1.82, 2.24) is 5.32 Å². The molecule has 1 aromatic rings. The highest BCUT2D eigenvalue weighted by Gasteiger charge is 2.18. The van der Waals surface area contributed by atoms with Crippen molar-refractivity contribution in [2.24, 2.45) is 0 Å². The van der Waals surface area contributed by atoms with Crippen LogP contribution < -0.4 is 10.0 Å². The van der Waals surface area contributed by atoms with Crippen molar-refractivity contribution in [2.45, 2.75) is 26.3 Å². The Morgan fingerprint density at radius 1 is 1.43 bits per heavy atom. The summed E-state index contributed by atoms with van der Waals surface area (Å²) < 4.78 is 31.4. The van der Waals surface area contributed by atoms with Gasteiger partial charge in [-0.05, 0) is 37.1 Å². The Kier molecular flexibility index (Phi) is 5.19. The topological polar surface area (TPSA) is 84.5 Å². The molecule has 1 aliphatic rings. The van der Waals surface area contributed by atoms with Gasteiger partial charge in [-0.15, -0.1) is 0 Å². The minimum atomic E-state index is -3.55. The molecule has 0 unspecified atom stereocenters. The van der Waals surface area contributed by atoms with E-state index in [4.69, 9.17) is 4.74 Å². The van der Waals surface area contributed by atoms with Crippen LogP contribution in [0.25, 0.3) is 0 Å². The SMILES string of the molecule is CCOC(=O)CCS(=O)(=O)Nc1cccc2c1CCNC2. The van der Waals surface area contributed by atoms with Crippen LogP contribution in [0.4, 0.5) is 5.69 Å². The number of benzene rings is 1. The van der Waals surface area contributed by atoms with Gasteiger partial charge in [0.2, 0.25) is 10.0 Å². The van der Waals surface area contributed by atoms with Crippen molar-refractivity contribution >= 4 is 21.7 Å². The number of ether oxygens (including phenoxy) is 1. The summed E-state index contributed by atoms with van der Waals surface area (Å²) in [7, 11) is -3.55. The summed E-state index contributed by atoms with van der Waals surface area (Å²) in [6.45, 7) is 3.52. The quantitative estimate of drug-likeness (QED) is 0.766. The van der Waals surface area contributed by atoms with Crippen molar-refractivity contribution in [1.29, 1.82) is 0 Å². The maximum atomic E-state index is 12.1. The van der Waals surface area contributed by atoms with E-state index in [2.05, 4.69) is 10.0 Å². The number of sulfonamides is 1. The lowest BCUT2D eigenvalue weighted by Crippen LogP contribution is -2.26. The zero-order valence-corrected chi connectivity index (χ0v) is 12.8. The second-order valence-electron chi connectivity index (χ2n) is 4.85. The van der Waals surface area contributed by atoms with E-state index in [9.17, 15) is 13.2 Å². The summed E-state index contributed by atoms with van der Waals surface area (Å²) in [5.41, 5.74) is 2.74. The molecule has 2 rings (SSSR count).